The highest BCUT2D eigenvalue weighted by Gasteiger charge is 2.25. The van der Waals surface area contributed by atoms with Crippen LogP contribution in [0.2, 0.25) is 0 Å². The zero-order valence-corrected chi connectivity index (χ0v) is 41.7. The van der Waals surface area contributed by atoms with E-state index in [4.69, 9.17) is 14.2 Å². The van der Waals surface area contributed by atoms with Crippen molar-refractivity contribution in [2.75, 3.05) is 41.0 Å². The molecule has 366 valence electrons. The van der Waals surface area contributed by atoms with Crippen molar-refractivity contribution in [3.8, 4) is 0 Å². The zero-order valence-electron chi connectivity index (χ0n) is 41.7. The van der Waals surface area contributed by atoms with Crippen LogP contribution >= 0.6 is 0 Å². The van der Waals surface area contributed by atoms with Crippen molar-refractivity contribution in [1.29, 1.82) is 0 Å². The van der Waals surface area contributed by atoms with Crippen LogP contribution in [0.3, 0.4) is 0 Å². The lowest BCUT2D eigenvalue weighted by molar-refractivity contribution is -0.889. The number of nitrogens with zero attached hydrogens (tertiary/aromatic N) is 1. The van der Waals surface area contributed by atoms with Crippen LogP contribution in [-0.2, 0) is 28.6 Å². The van der Waals surface area contributed by atoms with Crippen LogP contribution in [0.25, 0.3) is 0 Å². The van der Waals surface area contributed by atoms with Gasteiger partial charge in [-0.3, -0.25) is 9.59 Å². The van der Waals surface area contributed by atoms with Gasteiger partial charge in [-0.25, -0.2) is 0 Å². The summed E-state index contributed by atoms with van der Waals surface area (Å²) in [6.07, 6.45) is 55.7. The normalized spacial score (nSPS) is 13.2. The van der Waals surface area contributed by atoms with E-state index in [1.165, 1.54) is 135 Å². The van der Waals surface area contributed by atoms with Crippen LogP contribution in [0, 0.1) is 0 Å². The average Bonchev–Trinajstić information content (AvgIpc) is 3.24. The van der Waals surface area contributed by atoms with Crippen molar-refractivity contribution in [2.45, 2.75) is 244 Å². The van der Waals surface area contributed by atoms with Gasteiger partial charge < -0.3 is 28.6 Å². The Morgan fingerprint density at radius 3 is 1.27 bits per heavy atom. The number of ether oxygens (including phenoxy) is 3. The van der Waals surface area contributed by atoms with E-state index < -0.39 is 18.1 Å². The number of quaternary nitrogens is 1. The molecule has 0 heterocycles. The topological polar surface area (TPSA) is 102 Å². The highest BCUT2D eigenvalue weighted by atomic mass is 16.6. The summed E-state index contributed by atoms with van der Waals surface area (Å²) >= 11 is 0. The monoisotopic (exact) mass is 886 g/mol. The number of rotatable bonds is 47. The highest BCUT2D eigenvalue weighted by Crippen LogP contribution is 2.15. The van der Waals surface area contributed by atoms with E-state index in [1.54, 1.807) is 21.1 Å². The van der Waals surface area contributed by atoms with Crippen LogP contribution in [-0.4, -0.2) is 75.5 Å². The maximum absolute atomic E-state index is 12.8. The van der Waals surface area contributed by atoms with Gasteiger partial charge in [0, 0.05) is 19.3 Å². The first-order chi connectivity index (χ1) is 30.6. The molecule has 0 aliphatic rings. The fourth-order valence-electron chi connectivity index (χ4n) is 7.66. The van der Waals surface area contributed by atoms with Crippen LogP contribution in [0.4, 0.5) is 0 Å². The number of esters is 2. The molecule has 0 aliphatic heterocycles. The molecule has 0 amide bonds. The second-order valence-corrected chi connectivity index (χ2v) is 18.8. The molecule has 0 N–H and O–H groups in total. The Bertz CT molecular complexity index is 1170. The first-order valence-corrected chi connectivity index (χ1v) is 26.2. The number of carboxylic acids is 1. The van der Waals surface area contributed by atoms with Crippen LogP contribution in [0.1, 0.15) is 232 Å². The molecule has 0 saturated carbocycles. The van der Waals surface area contributed by atoms with Crippen molar-refractivity contribution in [2.24, 2.45) is 0 Å². The smallest absolute Gasteiger partial charge is 0.306 e. The van der Waals surface area contributed by atoms with E-state index in [-0.39, 0.29) is 42.7 Å². The summed E-state index contributed by atoms with van der Waals surface area (Å²) in [5, 5.41) is 11.7. The van der Waals surface area contributed by atoms with Gasteiger partial charge in [0.1, 0.15) is 12.6 Å². The Labute approximate surface area is 388 Å². The summed E-state index contributed by atoms with van der Waals surface area (Å²) in [6.45, 7) is 4.64. The molecular weight excluding hydrogens is 787 g/mol. The molecule has 0 aliphatic carbocycles. The van der Waals surface area contributed by atoms with Gasteiger partial charge in [0.25, 0.3) is 0 Å². The Morgan fingerprint density at radius 2 is 0.857 bits per heavy atom. The van der Waals surface area contributed by atoms with Crippen molar-refractivity contribution >= 4 is 17.9 Å². The summed E-state index contributed by atoms with van der Waals surface area (Å²) in [6, 6.07) is -0.732. The molecule has 0 spiro atoms. The highest BCUT2D eigenvalue weighted by molar-refractivity contribution is 5.70. The maximum Gasteiger partial charge on any atom is 0.306 e. The molecule has 0 aromatic rings. The second kappa shape index (κ2) is 45.8. The summed E-state index contributed by atoms with van der Waals surface area (Å²) in [5.74, 6) is -1.76. The van der Waals surface area contributed by atoms with Gasteiger partial charge in [-0.15, -0.1) is 0 Å². The maximum atomic E-state index is 12.8. The molecule has 2 unspecified atom stereocenters. The fourth-order valence-corrected chi connectivity index (χ4v) is 7.66. The molecule has 2 atom stereocenters. The fraction of sp³-hybridized carbons (Fsp3) is 0.800. The number of carbonyl (C=O) groups is 3. The Balaban J connectivity index is 4.27. The number of hydrogen-bond donors (Lipinski definition) is 0. The largest absolute Gasteiger partial charge is 0.544 e. The van der Waals surface area contributed by atoms with Crippen molar-refractivity contribution in [1.82, 2.24) is 0 Å². The summed E-state index contributed by atoms with van der Waals surface area (Å²) < 4.78 is 17.2. The predicted octanol–water partition coefficient (Wildman–Crippen LogP) is 13.8. The Morgan fingerprint density at radius 1 is 0.476 bits per heavy atom. The molecule has 0 aromatic heterocycles. The van der Waals surface area contributed by atoms with E-state index >= 15 is 0 Å². The van der Waals surface area contributed by atoms with E-state index in [0.29, 0.717) is 12.8 Å². The number of likely N-dealkylation sites (N-methyl/N-ethyl adjacent to an activating group) is 1. The molecule has 0 saturated heterocycles. The lowest BCUT2D eigenvalue weighted by Gasteiger charge is -2.34. The van der Waals surface area contributed by atoms with Crippen LogP contribution in [0.5, 0.6) is 0 Å². The number of carbonyl (C=O) groups excluding carboxylic acids is 3. The van der Waals surface area contributed by atoms with Crippen LogP contribution < -0.4 is 5.11 Å². The zero-order chi connectivity index (χ0) is 46.3. The molecule has 0 aromatic carbocycles. The van der Waals surface area contributed by atoms with E-state index in [1.807, 2.05) is 0 Å². The van der Waals surface area contributed by atoms with Gasteiger partial charge in [-0.2, -0.15) is 0 Å². The van der Waals surface area contributed by atoms with E-state index in [2.05, 4.69) is 62.5 Å². The van der Waals surface area contributed by atoms with Crippen LogP contribution in [0.15, 0.2) is 48.6 Å². The minimum Gasteiger partial charge on any atom is -0.544 e. The molecule has 63 heavy (non-hydrogen) atoms. The third-order valence-electron chi connectivity index (χ3n) is 11.7. The van der Waals surface area contributed by atoms with E-state index in [0.717, 1.165) is 64.2 Å². The first-order valence-electron chi connectivity index (χ1n) is 26.2. The molecule has 8 nitrogen and oxygen atoms in total. The number of allylic oxidation sites excluding steroid dienone is 8. The van der Waals surface area contributed by atoms with Gasteiger partial charge in [-0.05, 0) is 64.2 Å². The number of unbranched alkanes of at least 4 members (excludes halogenated alkanes) is 27. The minimum atomic E-state index is -1.13. The summed E-state index contributed by atoms with van der Waals surface area (Å²) in [4.78, 5) is 37.0. The molecular formula is C55H99NO7. The number of aliphatic carboxylic acids is 1. The Kier molecular flexibility index (Phi) is 43.9. The third kappa shape index (κ3) is 44.3. The number of hydrogen-bond acceptors (Lipinski definition) is 7. The molecule has 0 radical (unpaired) electrons. The average molecular weight is 886 g/mol. The lowest BCUT2D eigenvalue weighted by atomic mass is 10.1. The summed E-state index contributed by atoms with van der Waals surface area (Å²) in [5.41, 5.74) is 0. The lowest BCUT2D eigenvalue weighted by Crippen LogP contribution is -2.55. The molecule has 8 heteroatoms. The standard InChI is InChI=1S/C55H99NO7/c1-6-8-10-12-14-16-18-20-22-24-26-27-28-30-31-33-35-37-39-41-43-45-53(57)62-50-51(49-61-48-47-52(55(59)60)56(3,4)5)63-54(58)46-44-42-40-38-36-34-32-29-25-23-21-19-17-15-13-11-9-7-2/h19,21,23,25,27-29,32,51-52H,6-18,20,22,24,26,30-31,33-50H2,1-5H3/b21-19+,25-23+,28-27+,32-29+. The van der Waals surface area contributed by atoms with Crippen molar-refractivity contribution < 1.29 is 38.2 Å². The SMILES string of the molecule is CCCCCCC/C=C/C=C/C=C/CCCCCCCC(=O)OC(COCCC(C(=O)[O-])[N+](C)(C)C)COC(=O)CCCCCCCCC/C=C/CCCCCCCCCCCC. The molecule has 0 rings (SSSR count). The quantitative estimate of drug-likeness (QED) is 0.0197. The summed E-state index contributed by atoms with van der Waals surface area (Å²) in [7, 11) is 5.41. The third-order valence-corrected chi connectivity index (χ3v) is 11.7. The second-order valence-electron chi connectivity index (χ2n) is 18.8. The van der Waals surface area contributed by atoms with Gasteiger partial charge >= 0.3 is 11.9 Å². The van der Waals surface area contributed by atoms with Gasteiger partial charge in [0.05, 0.1) is 40.3 Å². The van der Waals surface area contributed by atoms with E-state index in [9.17, 15) is 19.5 Å². The minimum absolute atomic E-state index is 0.0309. The molecule has 0 bridgehead atoms. The first kappa shape index (κ1) is 60.3. The van der Waals surface area contributed by atoms with Gasteiger partial charge in [0.2, 0.25) is 0 Å². The predicted molar refractivity (Wildman–Crippen MR) is 263 cm³/mol. The molecule has 0 fully saturated rings. The van der Waals surface area contributed by atoms with Gasteiger partial charge in [-0.1, -0.05) is 197 Å². The number of carboxylic acid groups (broad SMARTS) is 1. The van der Waals surface area contributed by atoms with Crippen molar-refractivity contribution in [3.63, 3.8) is 0 Å². The van der Waals surface area contributed by atoms with Crippen molar-refractivity contribution in [3.05, 3.63) is 48.6 Å². The van der Waals surface area contributed by atoms with Gasteiger partial charge in [0.15, 0.2) is 6.10 Å². The Hall–Kier alpha value is -2.71.